The highest BCUT2D eigenvalue weighted by Crippen LogP contribution is 2.43. The van der Waals surface area contributed by atoms with Crippen LogP contribution >= 0.6 is 0 Å². The van der Waals surface area contributed by atoms with Gasteiger partial charge in [0.05, 0.1) is 35.4 Å². The van der Waals surface area contributed by atoms with Crippen molar-refractivity contribution in [2.45, 2.75) is 111 Å². The van der Waals surface area contributed by atoms with Gasteiger partial charge in [-0.05, 0) is 91.2 Å². The molecule has 4 rings (SSSR count). The number of nitrogens with zero attached hydrogens (tertiary/aromatic N) is 3. The van der Waals surface area contributed by atoms with Crippen molar-refractivity contribution < 1.29 is 19.0 Å². The van der Waals surface area contributed by atoms with Gasteiger partial charge < -0.3 is 19.1 Å². The van der Waals surface area contributed by atoms with Crippen molar-refractivity contribution in [2.75, 3.05) is 18.0 Å². The minimum atomic E-state index is -0.906. The second-order valence-electron chi connectivity index (χ2n) is 12.8. The van der Waals surface area contributed by atoms with E-state index in [1.807, 2.05) is 59.9 Å². The first-order chi connectivity index (χ1) is 17.8. The van der Waals surface area contributed by atoms with Crippen molar-refractivity contribution in [1.82, 2.24) is 9.97 Å². The summed E-state index contributed by atoms with van der Waals surface area (Å²) >= 11 is 0. The number of aryl methyl sites for hydroxylation is 1. The van der Waals surface area contributed by atoms with E-state index in [9.17, 15) is 4.79 Å². The Bertz CT molecular complexity index is 1110. The number of hydrogen-bond donors (Lipinski definition) is 0. The highest BCUT2D eigenvalue weighted by atomic mass is 16.6. The third kappa shape index (κ3) is 6.85. The molecule has 0 bridgehead atoms. The molecule has 0 radical (unpaired) electrons. The number of aromatic nitrogens is 2. The Kier molecular flexibility index (Phi) is 8.36. The van der Waals surface area contributed by atoms with Crippen molar-refractivity contribution >= 4 is 11.7 Å². The maximum atomic E-state index is 13.5. The molecular weight excluding hydrogens is 478 g/mol. The maximum absolute atomic E-state index is 13.5. The van der Waals surface area contributed by atoms with Crippen molar-refractivity contribution in [3.8, 4) is 17.0 Å². The lowest BCUT2D eigenvalue weighted by Gasteiger charge is -2.41. The molecule has 0 amide bonds. The van der Waals surface area contributed by atoms with Crippen LogP contribution in [0.25, 0.3) is 11.3 Å². The standard InChI is InChI=1S/C31H45N3O4/c1-20(2)36-29(35)28(38-30(4,5)6)26-21(3)32-19-24(27(26)34-16-14-31(7,8)15-17-34)25-13-12-23(18-33-25)37-22-10-9-11-22/h12-13,18-20,22,28H,9-11,14-17H2,1-8H3/t28-/m0/s1. The molecule has 1 atom stereocenters. The second-order valence-corrected chi connectivity index (χ2v) is 12.8. The quantitative estimate of drug-likeness (QED) is 0.352. The fourth-order valence-corrected chi connectivity index (χ4v) is 4.95. The third-order valence-corrected chi connectivity index (χ3v) is 7.39. The van der Waals surface area contributed by atoms with E-state index in [-0.39, 0.29) is 11.5 Å². The van der Waals surface area contributed by atoms with Crippen LogP contribution in [0.5, 0.6) is 5.75 Å². The van der Waals surface area contributed by atoms with Gasteiger partial charge in [0.15, 0.2) is 6.10 Å². The number of anilines is 1. The van der Waals surface area contributed by atoms with E-state index in [4.69, 9.17) is 24.2 Å². The largest absolute Gasteiger partial charge is 0.489 e. The third-order valence-electron chi connectivity index (χ3n) is 7.39. The molecule has 2 aromatic rings. The number of carbonyl (C=O) groups is 1. The first-order valence-electron chi connectivity index (χ1n) is 14.1. The fraction of sp³-hybridized carbons (Fsp3) is 0.645. The molecule has 2 fully saturated rings. The molecule has 208 valence electrons. The molecule has 0 aromatic carbocycles. The summed E-state index contributed by atoms with van der Waals surface area (Å²) in [5, 5.41) is 0. The van der Waals surface area contributed by atoms with E-state index in [1.165, 1.54) is 6.42 Å². The Balaban J connectivity index is 1.82. The Labute approximate surface area is 228 Å². The predicted molar refractivity (Wildman–Crippen MR) is 151 cm³/mol. The SMILES string of the molecule is Cc1ncc(-c2ccc(OC3CCC3)cn2)c(N2CCC(C)(C)CC2)c1[C@H](OC(C)(C)C)C(=O)OC(C)C. The Hall–Kier alpha value is -2.67. The van der Waals surface area contributed by atoms with E-state index in [0.29, 0.717) is 6.10 Å². The van der Waals surface area contributed by atoms with Crippen LogP contribution in [-0.4, -0.2) is 46.8 Å². The molecule has 38 heavy (non-hydrogen) atoms. The summed E-state index contributed by atoms with van der Waals surface area (Å²) in [5.74, 6) is 0.391. The van der Waals surface area contributed by atoms with Crippen LogP contribution in [0, 0.1) is 12.3 Å². The van der Waals surface area contributed by atoms with Crippen molar-refractivity contribution in [1.29, 1.82) is 0 Å². The molecule has 2 aliphatic rings. The summed E-state index contributed by atoms with van der Waals surface area (Å²) in [6.45, 7) is 17.9. The van der Waals surface area contributed by atoms with Gasteiger partial charge in [-0.2, -0.15) is 0 Å². The van der Waals surface area contributed by atoms with Crippen LogP contribution < -0.4 is 9.64 Å². The lowest BCUT2D eigenvalue weighted by Crippen LogP contribution is -2.39. The Morgan fingerprint density at radius 3 is 2.29 bits per heavy atom. The number of piperidine rings is 1. The molecule has 0 spiro atoms. The van der Waals surface area contributed by atoms with E-state index < -0.39 is 17.7 Å². The Morgan fingerprint density at radius 2 is 1.76 bits per heavy atom. The zero-order chi connectivity index (χ0) is 27.7. The molecule has 1 aliphatic carbocycles. The van der Waals surface area contributed by atoms with E-state index in [1.54, 1.807) is 6.20 Å². The lowest BCUT2D eigenvalue weighted by molar-refractivity contribution is -0.171. The van der Waals surface area contributed by atoms with Gasteiger partial charge in [-0.1, -0.05) is 13.8 Å². The summed E-state index contributed by atoms with van der Waals surface area (Å²) < 4.78 is 18.2. The molecule has 7 nitrogen and oxygen atoms in total. The summed E-state index contributed by atoms with van der Waals surface area (Å²) in [4.78, 5) is 25.5. The molecule has 1 saturated carbocycles. The summed E-state index contributed by atoms with van der Waals surface area (Å²) in [7, 11) is 0. The van der Waals surface area contributed by atoms with Gasteiger partial charge in [0, 0.05) is 36.1 Å². The number of hydrogen-bond acceptors (Lipinski definition) is 7. The van der Waals surface area contributed by atoms with Crippen molar-refractivity contribution in [2.24, 2.45) is 5.41 Å². The van der Waals surface area contributed by atoms with Gasteiger partial charge >= 0.3 is 5.97 Å². The molecular formula is C31H45N3O4. The first kappa shape index (κ1) is 28.3. The van der Waals surface area contributed by atoms with Gasteiger partial charge in [-0.25, -0.2) is 4.79 Å². The van der Waals surface area contributed by atoms with Crippen LogP contribution in [0.3, 0.4) is 0 Å². The monoisotopic (exact) mass is 523 g/mol. The average molecular weight is 524 g/mol. The fourth-order valence-electron chi connectivity index (χ4n) is 4.95. The molecule has 1 aliphatic heterocycles. The maximum Gasteiger partial charge on any atom is 0.340 e. The van der Waals surface area contributed by atoms with Crippen LogP contribution in [0.4, 0.5) is 5.69 Å². The van der Waals surface area contributed by atoms with Crippen molar-refractivity contribution in [3.63, 3.8) is 0 Å². The lowest BCUT2D eigenvalue weighted by atomic mass is 9.82. The zero-order valence-corrected chi connectivity index (χ0v) is 24.5. The molecule has 0 N–H and O–H groups in total. The Morgan fingerprint density at radius 1 is 1.08 bits per heavy atom. The molecule has 2 aromatic heterocycles. The minimum absolute atomic E-state index is 0.255. The topological polar surface area (TPSA) is 73.8 Å². The normalized spacial score (nSPS) is 18.7. The van der Waals surface area contributed by atoms with Crippen LogP contribution in [-0.2, 0) is 14.3 Å². The summed E-state index contributed by atoms with van der Waals surface area (Å²) in [6, 6.07) is 3.98. The summed E-state index contributed by atoms with van der Waals surface area (Å²) in [5.41, 5.74) is 3.88. The smallest absolute Gasteiger partial charge is 0.340 e. The van der Waals surface area contributed by atoms with E-state index in [0.717, 1.165) is 72.7 Å². The highest BCUT2D eigenvalue weighted by Gasteiger charge is 2.37. The van der Waals surface area contributed by atoms with Gasteiger partial charge in [-0.15, -0.1) is 0 Å². The highest BCUT2D eigenvalue weighted by molar-refractivity contribution is 5.86. The van der Waals surface area contributed by atoms with Crippen LogP contribution in [0.2, 0.25) is 0 Å². The van der Waals surface area contributed by atoms with E-state index in [2.05, 4.69) is 18.7 Å². The number of ether oxygens (including phenoxy) is 3. The first-order valence-corrected chi connectivity index (χ1v) is 14.1. The van der Waals surface area contributed by atoms with E-state index >= 15 is 0 Å². The predicted octanol–water partition coefficient (Wildman–Crippen LogP) is 6.82. The minimum Gasteiger partial charge on any atom is -0.489 e. The molecule has 7 heteroatoms. The number of rotatable bonds is 8. The van der Waals surface area contributed by atoms with Gasteiger partial charge in [0.25, 0.3) is 0 Å². The van der Waals surface area contributed by atoms with Crippen molar-refractivity contribution in [3.05, 3.63) is 35.8 Å². The van der Waals surface area contributed by atoms with Gasteiger partial charge in [0.1, 0.15) is 5.75 Å². The molecule has 3 heterocycles. The van der Waals surface area contributed by atoms with Gasteiger partial charge in [0.2, 0.25) is 0 Å². The summed E-state index contributed by atoms with van der Waals surface area (Å²) in [6.07, 6.45) is 8.34. The molecule has 0 unspecified atom stereocenters. The molecule has 1 saturated heterocycles. The van der Waals surface area contributed by atoms with Crippen LogP contribution in [0.15, 0.2) is 24.5 Å². The number of esters is 1. The average Bonchev–Trinajstić information content (AvgIpc) is 2.79. The second kappa shape index (κ2) is 11.2. The number of carbonyl (C=O) groups excluding carboxylic acids is 1. The van der Waals surface area contributed by atoms with Crippen LogP contribution in [0.1, 0.15) is 97.9 Å². The number of pyridine rings is 2. The zero-order valence-electron chi connectivity index (χ0n) is 24.5. The van der Waals surface area contributed by atoms with Gasteiger partial charge in [-0.3, -0.25) is 9.97 Å².